The molecular formula is C18H16ClNO. The Bertz CT molecular complexity index is 714. The van der Waals surface area contributed by atoms with Gasteiger partial charge in [0.2, 0.25) is 0 Å². The molecule has 0 atom stereocenters. The monoisotopic (exact) mass is 297 g/mol. The number of aryl methyl sites for hydroxylation is 1. The summed E-state index contributed by atoms with van der Waals surface area (Å²) in [6.45, 7) is 4.33. The molecule has 0 aromatic heterocycles. The number of hydrogen-bond donors (Lipinski definition) is 0. The average Bonchev–Trinajstić information content (AvgIpc) is 2.48. The van der Waals surface area contributed by atoms with Gasteiger partial charge >= 0.3 is 0 Å². The van der Waals surface area contributed by atoms with Crippen LogP contribution in [0.1, 0.15) is 16.7 Å². The van der Waals surface area contributed by atoms with Crippen molar-refractivity contribution in [1.82, 2.24) is 0 Å². The number of hydrogen-bond acceptors (Lipinski definition) is 2. The van der Waals surface area contributed by atoms with Crippen molar-refractivity contribution in [3.63, 3.8) is 0 Å². The van der Waals surface area contributed by atoms with Gasteiger partial charge in [-0.25, -0.2) is 0 Å². The predicted molar refractivity (Wildman–Crippen MR) is 89.0 cm³/mol. The molecule has 0 fully saturated rings. The third-order valence-corrected chi connectivity index (χ3v) is 3.44. The normalized spacial score (nSPS) is 10.6. The molecule has 0 aliphatic heterocycles. The van der Waals surface area contributed by atoms with E-state index in [0.29, 0.717) is 10.8 Å². The van der Waals surface area contributed by atoms with Gasteiger partial charge in [-0.05, 0) is 49.2 Å². The van der Waals surface area contributed by atoms with Crippen molar-refractivity contribution < 1.29 is 4.74 Å². The van der Waals surface area contributed by atoms with Crippen LogP contribution in [0, 0.1) is 26.2 Å². The number of terminal acetylenes is 1. The first kappa shape index (κ1) is 15.2. The molecule has 2 aromatic carbocycles. The van der Waals surface area contributed by atoms with Gasteiger partial charge in [0, 0.05) is 16.8 Å². The highest BCUT2D eigenvalue weighted by molar-refractivity contribution is 6.30. The first-order valence-corrected chi connectivity index (χ1v) is 6.95. The van der Waals surface area contributed by atoms with Gasteiger partial charge in [0.15, 0.2) is 0 Å². The summed E-state index contributed by atoms with van der Waals surface area (Å²) >= 11 is 6.03. The number of nitrogens with zero attached hydrogens (tertiary/aromatic N) is 1. The summed E-state index contributed by atoms with van der Waals surface area (Å²) in [6.07, 6.45) is 6.97. The van der Waals surface area contributed by atoms with Crippen molar-refractivity contribution in [3.05, 3.63) is 58.1 Å². The molecule has 0 aliphatic rings. The van der Waals surface area contributed by atoms with E-state index in [-0.39, 0.29) is 6.61 Å². The van der Waals surface area contributed by atoms with E-state index in [1.807, 2.05) is 18.2 Å². The lowest BCUT2D eigenvalue weighted by atomic mass is 10.1. The summed E-state index contributed by atoms with van der Waals surface area (Å²) in [7, 11) is 0. The average molecular weight is 298 g/mol. The minimum absolute atomic E-state index is 0.214. The van der Waals surface area contributed by atoms with Crippen LogP contribution >= 0.6 is 11.6 Å². The second-order valence-electron chi connectivity index (χ2n) is 4.65. The highest BCUT2D eigenvalue weighted by atomic mass is 35.5. The fourth-order valence-electron chi connectivity index (χ4n) is 1.89. The summed E-state index contributed by atoms with van der Waals surface area (Å²) in [5.41, 5.74) is 4.10. The maximum atomic E-state index is 6.03. The van der Waals surface area contributed by atoms with Gasteiger partial charge in [-0.2, -0.15) is 0 Å². The Kier molecular flexibility index (Phi) is 5.03. The molecule has 3 heteroatoms. The zero-order valence-corrected chi connectivity index (χ0v) is 12.8. The number of aliphatic imine (C=N–C) groups is 1. The van der Waals surface area contributed by atoms with E-state index >= 15 is 0 Å². The SMILES string of the molecule is C#CCOc1ccc(Cl)cc1C=Nc1cccc(C)c1C. The number of benzene rings is 2. The van der Waals surface area contributed by atoms with Crippen molar-refractivity contribution >= 4 is 23.5 Å². The van der Waals surface area contributed by atoms with Gasteiger partial charge < -0.3 is 4.74 Å². The van der Waals surface area contributed by atoms with Crippen LogP contribution < -0.4 is 4.74 Å². The maximum absolute atomic E-state index is 6.03. The first-order chi connectivity index (χ1) is 10.1. The van der Waals surface area contributed by atoms with Gasteiger partial charge in [0.25, 0.3) is 0 Å². The highest BCUT2D eigenvalue weighted by Gasteiger charge is 2.03. The Labute approximate surface area is 130 Å². The van der Waals surface area contributed by atoms with Crippen LogP contribution in [0.25, 0.3) is 0 Å². The van der Waals surface area contributed by atoms with E-state index in [2.05, 4.69) is 30.8 Å². The standard InChI is InChI=1S/C18H16ClNO/c1-4-10-21-18-9-8-16(19)11-15(18)12-20-17-7-5-6-13(2)14(17)3/h1,5-9,11-12H,10H2,2-3H3. The van der Waals surface area contributed by atoms with Crippen LogP contribution in [-0.4, -0.2) is 12.8 Å². The van der Waals surface area contributed by atoms with Crippen molar-refractivity contribution in [2.24, 2.45) is 4.99 Å². The van der Waals surface area contributed by atoms with Gasteiger partial charge in [0.05, 0.1) is 5.69 Å². The maximum Gasteiger partial charge on any atom is 0.148 e. The van der Waals surface area contributed by atoms with E-state index in [0.717, 1.165) is 16.8 Å². The van der Waals surface area contributed by atoms with Gasteiger partial charge in [0.1, 0.15) is 12.4 Å². The minimum atomic E-state index is 0.214. The van der Waals surface area contributed by atoms with Crippen molar-refractivity contribution in [1.29, 1.82) is 0 Å². The smallest absolute Gasteiger partial charge is 0.148 e. The molecule has 0 heterocycles. The van der Waals surface area contributed by atoms with Gasteiger partial charge in [-0.1, -0.05) is 29.7 Å². The van der Waals surface area contributed by atoms with E-state index < -0.39 is 0 Å². The minimum Gasteiger partial charge on any atom is -0.480 e. The molecule has 0 amide bonds. The van der Waals surface area contributed by atoms with Crippen LogP contribution in [0.5, 0.6) is 5.75 Å². The van der Waals surface area contributed by atoms with Crippen molar-refractivity contribution in [2.75, 3.05) is 6.61 Å². The van der Waals surface area contributed by atoms with E-state index in [9.17, 15) is 0 Å². The summed E-state index contributed by atoms with van der Waals surface area (Å²) in [6, 6.07) is 11.4. The third kappa shape index (κ3) is 3.87. The zero-order chi connectivity index (χ0) is 15.2. The second kappa shape index (κ2) is 6.97. The van der Waals surface area contributed by atoms with Crippen LogP contribution in [0.2, 0.25) is 5.02 Å². The lowest BCUT2D eigenvalue weighted by molar-refractivity contribution is 0.370. The largest absolute Gasteiger partial charge is 0.480 e. The third-order valence-electron chi connectivity index (χ3n) is 3.20. The Morgan fingerprint density at radius 2 is 2.10 bits per heavy atom. The van der Waals surface area contributed by atoms with E-state index in [4.69, 9.17) is 22.8 Å². The van der Waals surface area contributed by atoms with Crippen molar-refractivity contribution in [2.45, 2.75) is 13.8 Å². The molecule has 0 radical (unpaired) electrons. The fourth-order valence-corrected chi connectivity index (χ4v) is 2.07. The molecular weight excluding hydrogens is 282 g/mol. The number of ether oxygens (including phenoxy) is 1. The predicted octanol–water partition coefficient (Wildman–Crippen LogP) is 4.72. The summed E-state index contributed by atoms with van der Waals surface area (Å²) in [5, 5.41) is 0.630. The summed E-state index contributed by atoms with van der Waals surface area (Å²) in [5.74, 6) is 3.12. The molecule has 0 bridgehead atoms. The Morgan fingerprint density at radius 3 is 2.86 bits per heavy atom. The topological polar surface area (TPSA) is 21.6 Å². The van der Waals surface area contributed by atoms with Crippen LogP contribution in [0.4, 0.5) is 5.69 Å². The molecule has 2 aromatic rings. The second-order valence-corrected chi connectivity index (χ2v) is 5.09. The lowest BCUT2D eigenvalue weighted by Crippen LogP contribution is -1.97. The number of rotatable bonds is 4. The van der Waals surface area contributed by atoms with Crippen LogP contribution in [0.3, 0.4) is 0 Å². The molecule has 21 heavy (non-hydrogen) atoms. The summed E-state index contributed by atoms with van der Waals surface area (Å²) in [4.78, 5) is 4.53. The van der Waals surface area contributed by atoms with Crippen molar-refractivity contribution in [3.8, 4) is 18.1 Å². The fraction of sp³-hybridized carbons (Fsp3) is 0.167. The Morgan fingerprint density at radius 1 is 1.29 bits per heavy atom. The number of halogens is 1. The lowest BCUT2D eigenvalue weighted by Gasteiger charge is -2.07. The molecule has 106 valence electrons. The molecule has 2 rings (SSSR count). The summed E-state index contributed by atoms with van der Waals surface area (Å²) < 4.78 is 5.50. The molecule has 0 aliphatic carbocycles. The molecule has 0 saturated carbocycles. The quantitative estimate of drug-likeness (QED) is 0.591. The Hall–Kier alpha value is -2.24. The molecule has 0 saturated heterocycles. The van der Waals surface area contributed by atoms with Gasteiger partial charge in [-0.15, -0.1) is 6.42 Å². The zero-order valence-electron chi connectivity index (χ0n) is 12.1. The van der Waals surface area contributed by atoms with Crippen LogP contribution in [0.15, 0.2) is 41.4 Å². The van der Waals surface area contributed by atoms with Crippen LogP contribution in [-0.2, 0) is 0 Å². The van der Waals surface area contributed by atoms with Gasteiger partial charge in [-0.3, -0.25) is 4.99 Å². The molecule has 0 spiro atoms. The van der Waals surface area contributed by atoms with E-state index in [1.165, 1.54) is 5.56 Å². The Balaban J connectivity index is 2.34. The highest BCUT2D eigenvalue weighted by Crippen LogP contribution is 2.24. The molecule has 0 unspecified atom stereocenters. The molecule has 2 nitrogen and oxygen atoms in total. The first-order valence-electron chi connectivity index (χ1n) is 6.58. The van der Waals surface area contributed by atoms with E-state index in [1.54, 1.807) is 18.3 Å². The molecule has 0 N–H and O–H groups in total.